The van der Waals surface area contributed by atoms with Crippen molar-refractivity contribution in [3.63, 3.8) is 0 Å². The van der Waals surface area contributed by atoms with E-state index in [0.29, 0.717) is 11.7 Å². The van der Waals surface area contributed by atoms with Crippen LogP contribution in [0.25, 0.3) is 0 Å². The Morgan fingerprint density at radius 2 is 2.06 bits per heavy atom. The van der Waals surface area contributed by atoms with Gasteiger partial charge in [0.1, 0.15) is 0 Å². The zero-order valence-electron chi connectivity index (χ0n) is 18.0. The predicted octanol–water partition coefficient (Wildman–Crippen LogP) is 3.56. The zero-order chi connectivity index (χ0) is 20.8. The number of halogens is 2. The van der Waals surface area contributed by atoms with Gasteiger partial charge in [0, 0.05) is 50.3 Å². The molecule has 0 saturated carbocycles. The third kappa shape index (κ3) is 6.76. The van der Waals surface area contributed by atoms with Crippen molar-refractivity contribution in [2.24, 2.45) is 10.9 Å². The molecule has 4 heterocycles. The monoisotopic (exact) mass is 558 g/mol. The molecule has 31 heavy (non-hydrogen) atoms. The number of thiophene rings is 1. The number of aliphatic imine (C=N–C) groups is 1. The summed E-state index contributed by atoms with van der Waals surface area (Å²) in [6.07, 6.45) is 5.01. The van der Waals surface area contributed by atoms with E-state index in [0.717, 1.165) is 51.6 Å². The number of likely N-dealkylation sites (tertiary alicyclic amines) is 1. The number of rotatable bonds is 6. The lowest BCUT2D eigenvalue weighted by Crippen LogP contribution is -2.47. The van der Waals surface area contributed by atoms with E-state index in [1.807, 2.05) is 23.3 Å². The summed E-state index contributed by atoms with van der Waals surface area (Å²) < 4.78 is 14.0. The van der Waals surface area contributed by atoms with Gasteiger partial charge >= 0.3 is 0 Å². The second kappa shape index (κ2) is 12.0. The largest absolute Gasteiger partial charge is 0.356 e. The van der Waals surface area contributed by atoms with E-state index in [1.54, 1.807) is 12.3 Å². The van der Waals surface area contributed by atoms with E-state index in [9.17, 15) is 4.39 Å². The summed E-state index contributed by atoms with van der Waals surface area (Å²) in [6, 6.07) is 7.69. The van der Waals surface area contributed by atoms with Gasteiger partial charge in [-0.05, 0) is 61.8 Å². The molecule has 2 aromatic heterocycles. The summed E-state index contributed by atoms with van der Waals surface area (Å²) >= 11 is 1.84. The van der Waals surface area contributed by atoms with Crippen LogP contribution >= 0.6 is 35.3 Å². The maximum Gasteiger partial charge on any atom is 0.191 e. The highest BCUT2D eigenvalue weighted by atomic mass is 127. The molecule has 0 aliphatic carbocycles. The zero-order valence-corrected chi connectivity index (χ0v) is 21.1. The van der Waals surface area contributed by atoms with E-state index in [4.69, 9.17) is 0 Å². The SMILES string of the molecule is CN=C(NCC1CCN(Cc2cccs2)CC1)NC1CCN(c2ncccc2F)C1.I. The summed E-state index contributed by atoms with van der Waals surface area (Å²) in [5.41, 5.74) is 0. The molecule has 2 saturated heterocycles. The first-order chi connectivity index (χ1) is 14.7. The lowest BCUT2D eigenvalue weighted by atomic mass is 9.97. The highest BCUT2D eigenvalue weighted by Gasteiger charge is 2.26. The molecule has 1 atom stereocenters. The van der Waals surface area contributed by atoms with Gasteiger partial charge in [0.15, 0.2) is 17.6 Å². The second-order valence-electron chi connectivity index (χ2n) is 8.14. The van der Waals surface area contributed by atoms with Crippen LogP contribution in [0.2, 0.25) is 0 Å². The minimum absolute atomic E-state index is 0. The number of anilines is 1. The average Bonchev–Trinajstić information content (AvgIpc) is 3.45. The minimum atomic E-state index is -0.258. The van der Waals surface area contributed by atoms with Crippen molar-refractivity contribution in [1.82, 2.24) is 20.5 Å². The Morgan fingerprint density at radius 3 is 2.77 bits per heavy atom. The van der Waals surface area contributed by atoms with Gasteiger partial charge in [-0.1, -0.05) is 6.07 Å². The number of guanidine groups is 1. The molecule has 0 radical (unpaired) electrons. The molecule has 9 heteroatoms. The Kier molecular flexibility index (Phi) is 9.33. The maximum absolute atomic E-state index is 14.0. The average molecular weight is 559 g/mol. The van der Waals surface area contributed by atoms with Gasteiger partial charge in [0.05, 0.1) is 0 Å². The molecule has 1 unspecified atom stereocenters. The molecule has 0 spiro atoms. The maximum atomic E-state index is 14.0. The summed E-state index contributed by atoms with van der Waals surface area (Å²) in [4.78, 5) is 14.6. The van der Waals surface area contributed by atoms with Crippen molar-refractivity contribution in [3.05, 3.63) is 46.5 Å². The summed E-state index contributed by atoms with van der Waals surface area (Å²) in [5.74, 6) is 1.69. The van der Waals surface area contributed by atoms with Crippen LogP contribution < -0.4 is 15.5 Å². The van der Waals surface area contributed by atoms with Crippen LogP contribution in [0, 0.1) is 11.7 Å². The van der Waals surface area contributed by atoms with E-state index in [1.165, 1.54) is 23.8 Å². The quantitative estimate of drug-likeness (QED) is 0.323. The summed E-state index contributed by atoms with van der Waals surface area (Å²) in [7, 11) is 1.81. The molecule has 2 aliphatic rings. The summed E-state index contributed by atoms with van der Waals surface area (Å²) in [5, 5.41) is 9.16. The van der Waals surface area contributed by atoms with Crippen molar-refractivity contribution in [3.8, 4) is 0 Å². The normalized spacial score (nSPS) is 20.5. The first-order valence-electron chi connectivity index (χ1n) is 10.8. The van der Waals surface area contributed by atoms with E-state index in [-0.39, 0.29) is 35.8 Å². The van der Waals surface area contributed by atoms with E-state index in [2.05, 4.69) is 43.0 Å². The van der Waals surface area contributed by atoms with Crippen molar-refractivity contribution in [2.45, 2.75) is 31.8 Å². The van der Waals surface area contributed by atoms with Crippen molar-refractivity contribution in [1.29, 1.82) is 0 Å². The van der Waals surface area contributed by atoms with Crippen LogP contribution in [-0.2, 0) is 6.54 Å². The number of pyridine rings is 1. The molecule has 4 rings (SSSR count). The Bertz CT molecular complexity index is 825. The molecule has 0 bridgehead atoms. The van der Waals surface area contributed by atoms with Gasteiger partial charge in [-0.3, -0.25) is 9.89 Å². The fraction of sp³-hybridized carbons (Fsp3) is 0.545. The fourth-order valence-electron chi connectivity index (χ4n) is 4.28. The van der Waals surface area contributed by atoms with Crippen LogP contribution in [0.3, 0.4) is 0 Å². The molecular formula is C22H32FIN6S. The molecule has 0 amide bonds. The minimum Gasteiger partial charge on any atom is -0.356 e. The van der Waals surface area contributed by atoms with Gasteiger partial charge in [0.25, 0.3) is 0 Å². The highest BCUT2D eigenvalue weighted by molar-refractivity contribution is 14.0. The number of aromatic nitrogens is 1. The molecular weight excluding hydrogens is 526 g/mol. The van der Waals surface area contributed by atoms with Crippen molar-refractivity contribution < 1.29 is 4.39 Å². The molecule has 170 valence electrons. The van der Waals surface area contributed by atoms with E-state index < -0.39 is 0 Å². The highest BCUT2D eigenvalue weighted by Crippen LogP contribution is 2.22. The summed E-state index contributed by atoms with van der Waals surface area (Å²) in [6.45, 7) is 5.86. The molecule has 0 aromatic carbocycles. The van der Waals surface area contributed by atoms with Gasteiger partial charge in [-0.2, -0.15) is 0 Å². The van der Waals surface area contributed by atoms with Crippen LogP contribution in [0.1, 0.15) is 24.1 Å². The van der Waals surface area contributed by atoms with Crippen LogP contribution in [0.15, 0.2) is 40.8 Å². The van der Waals surface area contributed by atoms with Crippen LogP contribution in [0.5, 0.6) is 0 Å². The molecule has 2 aromatic rings. The predicted molar refractivity (Wildman–Crippen MR) is 137 cm³/mol. The molecule has 2 aliphatic heterocycles. The number of hydrogen-bond donors (Lipinski definition) is 2. The first-order valence-corrected chi connectivity index (χ1v) is 11.7. The van der Waals surface area contributed by atoms with Gasteiger partial charge < -0.3 is 15.5 Å². The third-order valence-corrected chi connectivity index (χ3v) is 6.88. The molecule has 2 fully saturated rings. The first kappa shape index (κ1) is 24.2. The van der Waals surface area contributed by atoms with Gasteiger partial charge in [0.2, 0.25) is 0 Å². The lowest BCUT2D eigenvalue weighted by Gasteiger charge is -2.32. The van der Waals surface area contributed by atoms with Gasteiger partial charge in [-0.15, -0.1) is 35.3 Å². The number of hydrogen-bond acceptors (Lipinski definition) is 5. The Morgan fingerprint density at radius 1 is 1.23 bits per heavy atom. The Hall–Kier alpha value is -1.46. The standard InChI is InChI=1S/C22H31FN6S.HI/c1-24-22(27-18-8-12-29(15-18)21-20(23)5-2-9-25-21)26-14-17-6-10-28(11-7-17)16-19-4-3-13-30-19;/h2-5,9,13,17-18H,6-8,10-12,14-16H2,1H3,(H2,24,26,27);1H. The molecule has 2 N–H and O–H groups in total. The Labute approximate surface area is 205 Å². The number of nitrogens with one attached hydrogen (secondary N) is 2. The topological polar surface area (TPSA) is 55.8 Å². The lowest BCUT2D eigenvalue weighted by molar-refractivity contribution is 0.179. The number of piperidine rings is 1. The Balaban J connectivity index is 0.00000272. The smallest absolute Gasteiger partial charge is 0.191 e. The molecule has 6 nitrogen and oxygen atoms in total. The second-order valence-corrected chi connectivity index (χ2v) is 9.17. The number of nitrogens with zero attached hydrogens (tertiary/aromatic N) is 4. The van der Waals surface area contributed by atoms with Gasteiger partial charge in [-0.25, -0.2) is 9.37 Å². The third-order valence-electron chi connectivity index (χ3n) is 6.02. The van der Waals surface area contributed by atoms with Crippen LogP contribution in [0.4, 0.5) is 10.2 Å². The van der Waals surface area contributed by atoms with Crippen LogP contribution in [-0.4, -0.2) is 61.7 Å². The van der Waals surface area contributed by atoms with E-state index >= 15 is 0 Å². The fourth-order valence-corrected chi connectivity index (χ4v) is 5.03. The van der Waals surface area contributed by atoms with Crippen molar-refractivity contribution in [2.75, 3.05) is 44.7 Å². The van der Waals surface area contributed by atoms with Crippen molar-refractivity contribution >= 4 is 47.1 Å².